The number of pyridine rings is 1. The van der Waals surface area contributed by atoms with Gasteiger partial charge in [-0.2, -0.15) is 0 Å². The van der Waals surface area contributed by atoms with E-state index >= 15 is 0 Å². The standard InChI is InChI=1S/C23H24Cl2N2O/c1-15-10-16(2)13-27(12-15)22-9-7-17-4-3-5-21(23(17)26-22)28-14-18-6-8-19(24)11-20(18)25/h3-9,11,15-16H,10,12-14H2,1-2H3. The summed E-state index contributed by atoms with van der Waals surface area (Å²) in [6.45, 7) is 7.10. The lowest BCUT2D eigenvalue weighted by molar-refractivity contribution is 0.309. The molecule has 0 amide bonds. The van der Waals surface area contributed by atoms with Crippen LogP contribution in [0.5, 0.6) is 5.75 Å². The van der Waals surface area contributed by atoms with Crippen molar-refractivity contribution < 1.29 is 4.74 Å². The SMILES string of the molecule is CC1CC(C)CN(c2ccc3cccc(OCc4ccc(Cl)cc4Cl)c3n2)C1. The number of piperidine rings is 1. The molecule has 1 aliphatic rings. The Hall–Kier alpha value is -1.97. The average molecular weight is 415 g/mol. The van der Waals surface area contributed by atoms with Crippen molar-refractivity contribution in [3.8, 4) is 5.75 Å². The molecule has 5 heteroatoms. The van der Waals surface area contributed by atoms with E-state index in [1.54, 1.807) is 6.07 Å². The minimum atomic E-state index is 0.374. The van der Waals surface area contributed by atoms with Crippen LogP contribution in [0.4, 0.5) is 5.82 Å². The Kier molecular flexibility index (Phi) is 5.65. The molecule has 4 rings (SSSR count). The summed E-state index contributed by atoms with van der Waals surface area (Å²) in [7, 11) is 0. The first kappa shape index (κ1) is 19.4. The van der Waals surface area contributed by atoms with Gasteiger partial charge in [0.05, 0.1) is 0 Å². The first-order valence-electron chi connectivity index (χ1n) is 9.71. The predicted octanol–water partition coefficient (Wildman–Crippen LogP) is 6.60. The van der Waals surface area contributed by atoms with Gasteiger partial charge in [-0.05, 0) is 48.6 Å². The van der Waals surface area contributed by atoms with E-state index in [1.807, 2.05) is 24.3 Å². The lowest BCUT2D eigenvalue weighted by Crippen LogP contribution is -2.39. The van der Waals surface area contributed by atoms with Crippen molar-refractivity contribution in [3.05, 3.63) is 64.1 Å². The Morgan fingerprint density at radius 1 is 1.04 bits per heavy atom. The molecule has 2 heterocycles. The normalized spacial score (nSPS) is 19.8. The van der Waals surface area contributed by atoms with Gasteiger partial charge in [0.15, 0.2) is 0 Å². The monoisotopic (exact) mass is 414 g/mol. The van der Waals surface area contributed by atoms with Crippen molar-refractivity contribution in [2.45, 2.75) is 26.9 Å². The van der Waals surface area contributed by atoms with Gasteiger partial charge in [-0.25, -0.2) is 4.98 Å². The molecule has 1 fully saturated rings. The van der Waals surface area contributed by atoms with Crippen LogP contribution in [0.15, 0.2) is 48.5 Å². The summed E-state index contributed by atoms with van der Waals surface area (Å²) in [6.07, 6.45) is 1.28. The highest BCUT2D eigenvalue weighted by Gasteiger charge is 2.23. The number of hydrogen-bond acceptors (Lipinski definition) is 3. The van der Waals surface area contributed by atoms with Crippen molar-refractivity contribution in [1.82, 2.24) is 4.98 Å². The predicted molar refractivity (Wildman–Crippen MR) is 118 cm³/mol. The van der Waals surface area contributed by atoms with Gasteiger partial charge < -0.3 is 9.64 Å². The summed E-state index contributed by atoms with van der Waals surface area (Å²) in [6, 6.07) is 15.7. The van der Waals surface area contributed by atoms with E-state index in [1.165, 1.54) is 6.42 Å². The van der Waals surface area contributed by atoms with Crippen LogP contribution in [0, 0.1) is 11.8 Å². The van der Waals surface area contributed by atoms with E-state index in [-0.39, 0.29) is 0 Å². The van der Waals surface area contributed by atoms with Crippen molar-refractivity contribution in [2.75, 3.05) is 18.0 Å². The van der Waals surface area contributed by atoms with Crippen molar-refractivity contribution in [3.63, 3.8) is 0 Å². The van der Waals surface area contributed by atoms with Crippen molar-refractivity contribution >= 4 is 39.9 Å². The minimum absolute atomic E-state index is 0.374. The maximum absolute atomic E-state index is 6.28. The fourth-order valence-electron chi connectivity index (χ4n) is 4.05. The molecule has 2 aromatic carbocycles. The van der Waals surface area contributed by atoms with Crippen molar-refractivity contribution in [2.24, 2.45) is 11.8 Å². The molecule has 1 aromatic heterocycles. The maximum Gasteiger partial charge on any atom is 0.146 e. The molecule has 0 N–H and O–H groups in total. The first-order valence-corrected chi connectivity index (χ1v) is 10.5. The highest BCUT2D eigenvalue weighted by Crippen LogP contribution is 2.31. The first-order chi connectivity index (χ1) is 13.5. The van der Waals surface area contributed by atoms with E-state index in [0.29, 0.717) is 28.5 Å². The van der Waals surface area contributed by atoms with Crippen LogP contribution in [0.25, 0.3) is 10.9 Å². The molecule has 146 valence electrons. The van der Waals surface area contributed by atoms with E-state index in [9.17, 15) is 0 Å². The highest BCUT2D eigenvalue weighted by molar-refractivity contribution is 6.35. The Labute approximate surface area is 176 Å². The van der Waals surface area contributed by atoms with Crippen LogP contribution in [-0.2, 0) is 6.61 Å². The summed E-state index contributed by atoms with van der Waals surface area (Å²) in [5.74, 6) is 3.15. The Morgan fingerprint density at radius 2 is 1.82 bits per heavy atom. The van der Waals surface area contributed by atoms with E-state index < -0.39 is 0 Å². The number of nitrogens with zero attached hydrogens (tertiary/aromatic N) is 2. The molecule has 0 aliphatic carbocycles. The number of halogens is 2. The molecule has 1 aliphatic heterocycles. The largest absolute Gasteiger partial charge is 0.487 e. The van der Waals surface area contributed by atoms with Gasteiger partial charge in [0, 0.05) is 34.1 Å². The topological polar surface area (TPSA) is 25.4 Å². The molecule has 2 atom stereocenters. The van der Waals surface area contributed by atoms with Gasteiger partial charge in [0.25, 0.3) is 0 Å². The molecular formula is C23H24Cl2N2O. The molecule has 3 aromatic rings. The van der Waals surface area contributed by atoms with Crippen LogP contribution in [0.2, 0.25) is 10.0 Å². The highest BCUT2D eigenvalue weighted by atomic mass is 35.5. The number of ether oxygens (including phenoxy) is 1. The quantitative estimate of drug-likeness (QED) is 0.480. The van der Waals surface area contributed by atoms with Crippen LogP contribution < -0.4 is 9.64 Å². The molecular weight excluding hydrogens is 391 g/mol. The fraction of sp³-hybridized carbons (Fsp3) is 0.348. The second-order valence-electron chi connectivity index (χ2n) is 7.87. The summed E-state index contributed by atoms with van der Waals surface area (Å²) in [5.41, 5.74) is 1.79. The summed E-state index contributed by atoms with van der Waals surface area (Å²) in [4.78, 5) is 7.36. The van der Waals surface area contributed by atoms with Crippen LogP contribution in [0.3, 0.4) is 0 Å². The summed E-state index contributed by atoms with van der Waals surface area (Å²) < 4.78 is 6.10. The molecule has 3 nitrogen and oxygen atoms in total. The molecule has 2 unspecified atom stereocenters. The Bertz CT molecular complexity index is 981. The van der Waals surface area contributed by atoms with Crippen LogP contribution in [-0.4, -0.2) is 18.1 Å². The Morgan fingerprint density at radius 3 is 2.57 bits per heavy atom. The number of anilines is 1. The zero-order chi connectivity index (χ0) is 19.7. The van der Waals surface area contributed by atoms with Crippen molar-refractivity contribution in [1.29, 1.82) is 0 Å². The van der Waals surface area contributed by atoms with Crippen LogP contribution >= 0.6 is 23.2 Å². The third kappa shape index (κ3) is 4.21. The number of fused-ring (bicyclic) bond motifs is 1. The van der Waals surface area contributed by atoms with E-state index in [0.717, 1.165) is 41.1 Å². The molecule has 28 heavy (non-hydrogen) atoms. The second kappa shape index (κ2) is 8.18. The van der Waals surface area contributed by atoms with Gasteiger partial charge >= 0.3 is 0 Å². The summed E-state index contributed by atoms with van der Waals surface area (Å²) in [5, 5.41) is 2.30. The number of aromatic nitrogens is 1. The van der Waals surface area contributed by atoms with E-state index in [4.69, 9.17) is 32.9 Å². The van der Waals surface area contributed by atoms with Gasteiger partial charge in [0.1, 0.15) is 23.7 Å². The van der Waals surface area contributed by atoms with E-state index in [2.05, 4.69) is 36.9 Å². The van der Waals surface area contributed by atoms with Gasteiger partial charge in [-0.3, -0.25) is 0 Å². The second-order valence-corrected chi connectivity index (χ2v) is 8.72. The van der Waals surface area contributed by atoms with Gasteiger partial charge in [0.2, 0.25) is 0 Å². The third-order valence-corrected chi connectivity index (χ3v) is 5.85. The smallest absolute Gasteiger partial charge is 0.146 e. The van der Waals surface area contributed by atoms with Gasteiger partial charge in [-0.1, -0.05) is 55.2 Å². The number of rotatable bonds is 4. The number of para-hydroxylation sites is 1. The maximum atomic E-state index is 6.28. The number of hydrogen-bond donors (Lipinski definition) is 0. The molecule has 0 spiro atoms. The zero-order valence-corrected chi connectivity index (χ0v) is 17.7. The summed E-state index contributed by atoms with van der Waals surface area (Å²) >= 11 is 12.3. The van der Waals surface area contributed by atoms with Crippen LogP contribution in [0.1, 0.15) is 25.8 Å². The molecule has 0 radical (unpaired) electrons. The lowest BCUT2D eigenvalue weighted by atomic mass is 9.92. The zero-order valence-electron chi connectivity index (χ0n) is 16.2. The number of benzene rings is 2. The molecule has 0 bridgehead atoms. The Balaban J connectivity index is 1.61. The third-order valence-electron chi connectivity index (χ3n) is 5.26. The molecule has 0 saturated carbocycles. The molecule has 1 saturated heterocycles. The lowest BCUT2D eigenvalue weighted by Gasteiger charge is -2.35. The minimum Gasteiger partial charge on any atom is -0.487 e. The average Bonchev–Trinajstić information content (AvgIpc) is 2.66. The fourth-order valence-corrected chi connectivity index (χ4v) is 4.51. The van der Waals surface area contributed by atoms with Gasteiger partial charge in [-0.15, -0.1) is 0 Å².